The minimum atomic E-state index is -0.179. The van der Waals surface area contributed by atoms with Gasteiger partial charge in [0.1, 0.15) is 11.9 Å². The van der Waals surface area contributed by atoms with E-state index in [0.29, 0.717) is 25.4 Å². The van der Waals surface area contributed by atoms with Crippen LogP contribution < -0.4 is 4.90 Å². The molecule has 3 heterocycles. The Morgan fingerprint density at radius 1 is 1.35 bits per heavy atom. The molecule has 0 atom stereocenters. The normalized spacial score (nSPS) is 21.1. The quantitative estimate of drug-likeness (QED) is 0.778. The minimum Gasteiger partial charge on any atom is -0.378 e. The van der Waals surface area contributed by atoms with Gasteiger partial charge in [-0.3, -0.25) is 0 Å². The number of pyridine rings is 1. The Bertz CT molecular complexity index is 557. The fourth-order valence-corrected chi connectivity index (χ4v) is 2.73. The second kappa shape index (κ2) is 5.04. The summed E-state index contributed by atoms with van der Waals surface area (Å²) in [4.78, 5) is 6.82. The molecule has 0 aliphatic carbocycles. The fourth-order valence-electron chi connectivity index (χ4n) is 2.73. The van der Waals surface area contributed by atoms with Gasteiger partial charge < -0.3 is 14.4 Å². The average Bonchev–Trinajstić information content (AvgIpc) is 2.46. The van der Waals surface area contributed by atoms with Crippen molar-refractivity contribution in [2.24, 2.45) is 0 Å². The summed E-state index contributed by atoms with van der Waals surface area (Å²) in [7, 11) is 0. The Labute approximate surface area is 119 Å². The zero-order valence-corrected chi connectivity index (χ0v) is 12.0. The lowest BCUT2D eigenvalue weighted by Gasteiger charge is -2.33. The number of nitriles is 1. The summed E-state index contributed by atoms with van der Waals surface area (Å²) in [6.45, 7) is 7.60. The molecule has 106 valence electrons. The van der Waals surface area contributed by atoms with Gasteiger partial charge in [0.2, 0.25) is 0 Å². The van der Waals surface area contributed by atoms with Crippen molar-refractivity contribution in [3.8, 4) is 6.07 Å². The zero-order valence-electron chi connectivity index (χ0n) is 12.0. The predicted molar refractivity (Wildman–Crippen MR) is 74.6 cm³/mol. The Hall–Kier alpha value is -1.64. The maximum atomic E-state index is 9.40. The molecule has 0 radical (unpaired) electrons. The van der Waals surface area contributed by atoms with Gasteiger partial charge >= 0.3 is 0 Å². The highest BCUT2D eigenvalue weighted by atomic mass is 16.5. The van der Waals surface area contributed by atoms with E-state index in [4.69, 9.17) is 14.5 Å². The van der Waals surface area contributed by atoms with Gasteiger partial charge in [-0.2, -0.15) is 5.26 Å². The number of hydrogen-bond acceptors (Lipinski definition) is 5. The molecular formula is C15H19N3O2. The lowest BCUT2D eigenvalue weighted by Crippen LogP contribution is -2.38. The van der Waals surface area contributed by atoms with Crippen molar-refractivity contribution < 1.29 is 9.47 Å². The molecule has 1 aromatic rings. The van der Waals surface area contributed by atoms with E-state index in [-0.39, 0.29) is 5.60 Å². The molecule has 5 nitrogen and oxygen atoms in total. The number of fused-ring (bicyclic) bond motifs is 1. The molecule has 2 aliphatic rings. The molecular weight excluding hydrogens is 254 g/mol. The summed E-state index contributed by atoms with van der Waals surface area (Å²) in [5, 5.41) is 9.40. The standard InChI is InChI=1S/C15H19N3O2/c1-15(2)8-11-7-12(9-16)14(17-13(11)10-20-15)18-3-5-19-6-4-18/h7H,3-6,8,10H2,1-2H3. The molecule has 3 rings (SSSR count). The van der Waals surface area contributed by atoms with Gasteiger partial charge in [0.15, 0.2) is 0 Å². The fraction of sp³-hybridized carbons (Fsp3) is 0.600. The number of nitrogens with zero attached hydrogens (tertiary/aromatic N) is 3. The lowest BCUT2D eigenvalue weighted by molar-refractivity contribution is -0.0419. The van der Waals surface area contributed by atoms with E-state index < -0.39 is 0 Å². The third-order valence-electron chi connectivity index (χ3n) is 3.82. The molecule has 0 unspecified atom stereocenters. The molecule has 2 aliphatic heterocycles. The van der Waals surface area contributed by atoms with Crippen molar-refractivity contribution in [2.45, 2.75) is 32.5 Å². The van der Waals surface area contributed by atoms with Crippen molar-refractivity contribution in [3.05, 3.63) is 22.9 Å². The monoisotopic (exact) mass is 273 g/mol. The Morgan fingerprint density at radius 3 is 2.80 bits per heavy atom. The summed E-state index contributed by atoms with van der Waals surface area (Å²) < 4.78 is 11.2. The molecule has 5 heteroatoms. The predicted octanol–water partition coefficient (Wildman–Crippen LogP) is 1.64. The first-order valence-electron chi connectivity index (χ1n) is 6.99. The third kappa shape index (κ3) is 2.49. The van der Waals surface area contributed by atoms with Crippen LogP contribution in [0.25, 0.3) is 0 Å². The molecule has 0 bridgehead atoms. The lowest BCUT2D eigenvalue weighted by atomic mass is 9.93. The van der Waals surface area contributed by atoms with Crippen LogP contribution in [0.2, 0.25) is 0 Å². The summed E-state index contributed by atoms with van der Waals surface area (Å²) >= 11 is 0. The van der Waals surface area contributed by atoms with Gasteiger partial charge in [-0.05, 0) is 25.5 Å². The van der Waals surface area contributed by atoms with Gasteiger partial charge in [-0.25, -0.2) is 4.98 Å². The van der Waals surface area contributed by atoms with Crippen LogP contribution in [-0.4, -0.2) is 36.9 Å². The van der Waals surface area contributed by atoms with E-state index in [2.05, 4.69) is 24.8 Å². The van der Waals surface area contributed by atoms with Crippen LogP contribution in [0.3, 0.4) is 0 Å². The molecule has 0 aromatic carbocycles. The number of anilines is 1. The highest BCUT2D eigenvalue weighted by molar-refractivity contribution is 5.56. The molecule has 0 saturated carbocycles. The van der Waals surface area contributed by atoms with Crippen LogP contribution >= 0.6 is 0 Å². The van der Waals surface area contributed by atoms with Crippen molar-refractivity contribution in [1.82, 2.24) is 4.98 Å². The van der Waals surface area contributed by atoms with Gasteiger partial charge in [-0.1, -0.05) is 0 Å². The van der Waals surface area contributed by atoms with Crippen molar-refractivity contribution in [1.29, 1.82) is 5.26 Å². The molecule has 1 saturated heterocycles. The Kier molecular flexibility index (Phi) is 3.36. The smallest absolute Gasteiger partial charge is 0.147 e. The molecule has 20 heavy (non-hydrogen) atoms. The van der Waals surface area contributed by atoms with Gasteiger partial charge in [0.25, 0.3) is 0 Å². The minimum absolute atomic E-state index is 0.179. The van der Waals surface area contributed by atoms with E-state index in [0.717, 1.165) is 36.6 Å². The van der Waals surface area contributed by atoms with Crippen molar-refractivity contribution in [2.75, 3.05) is 31.2 Å². The Morgan fingerprint density at radius 2 is 2.10 bits per heavy atom. The second-order valence-corrected chi connectivity index (χ2v) is 5.90. The zero-order chi connectivity index (χ0) is 14.2. The highest BCUT2D eigenvalue weighted by Gasteiger charge is 2.29. The molecule has 0 spiro atoms. The van der Waals surface area contributed by atoms with Crippen LogP contribution in [0, 0.1) is 11.3 Å². The SMILES string of the molecule is CC1(C)Cc2cc(C#N)c(N3CCOCC3)nc2CO1. The van der Waals surface area contributed by atoms with Gasteiger partial charge in [0.05, 0.1) is 36.7 Å². The average molecular weight is 273 g/mol. The van der Waals surface area contributed by atoms with Crippen molar-refractivity contribution >= 4 is 5.82 Å². The van der Waals surface area contributed by atoms with E-state index >= 15 is 0 Å². The summed E-state index contributed by atoms with van der Waals surface area (Å²) in [5.41, 5.74) is 2.57. The first-order chi connectivity index (χ1) is 9.59. The van der Waals surface area contributed by atoms with Crippen LogP contribution in [-0.2, 0) is 22.5 Å². The summed E-state index contributed by atoms with van der Waals surface area (Å²) in [6.07, 6.45) is 0.799. The van der Waals surface area contributed by atoms with Gasteiger partial charge in [-0.15, -0.1) is 0 Å². The maximum absolute atomic E-state index is 9.40. The topological polar surface area (TPSA) is 58.4 Å². The third-order valence-corrected chi connectivity index (χ3v) is 3.82. The maximum Gasteiger partial charge on any atom is 0.147 e. The van der Waals surface area contributed by atoms with Crippen LogP contribution in [0.5, 0.6) is 0 Å². The number of aromatic nitrogens is 1. The van der Waals surface area contributed by atoms with Crippen LogP contribution in [0.1, 0.15) is 30.7 Å². The molecule has 0 amide bonds. The number of hydrogen-bond donors (Lipinski definition) is 0. The summed E-state index contributed by atoms with van der Waals surface area (Å²) in [6, 6.07) is 4.27. The first kappa shape index (κ1) is 13.3. The largest absolute Gasteiger partial charge is 0.378 e. The van der Waals surface area contributed by atoms with E-state index in [1.54, 1.807) is 0 Å². The van der Waals surface area contributed by atoms with Crippen LogP contribution in [0.15, 0.2) is 6.07 Å². The molecule has 0 N–H and O–H groups in total. The summed E-state index contributed by atoms with van der Waals surface area (Å²) in [5.74, 6) is 0.776. The number of ether oxygens (including phenoxy) is 2. The highest BCUT2D eigenvalue weighted by Crippen LogP contribution is 2.30. The van der Waals surface area contributed by atoms with E-state index in [9.17, 15) is 5.26 Å². The number of rotatable bonds is 1. The second-order valence-electron chi connectivity index (χ2n) is 5.90. The van der Waals surface area contributed by atoms with Gasteiger partial charge in [0, 0.05) is 19.5 Å². The molecule has 1 aromatic heterocycles. The molecule has 1 fully saturated rings. The first-order valence-corrected chi connectivity index (χ1v) is 6.99. The Balaban J connectivity index is 1.98. The number of morpholine rings is 1. The van der Waals surface area contributed by atoms with Crippen molar-refractivity contribution in [3.63, 3.8) is 0 Å². The van der Waals surface area contributed by atoms with E-state index in [1.807, 2.05) is 6.07 Å². The van der Waals surface area contributed by atoms with E-state index in [1.165, 1.54) is 0 Å². The van der Waals surface area contributed by atoms with Crippen LogP contribution in [0.4, 0.5) is 5.82 Å².